The van der Waals surface area contributed by atoms with Gasteiger partial charge in [-0.1, -0.05) is 30.3 Å². The Morgan fingerprint density at radius 3 is 2.56 bits per heavy atom. The van der Waals surface area contributed by atoms with Crippen molar-refractivity contribution in [1.29, 1.82) is 0 Å². The molecule has 0 heterocycles. The van der Waals surface area contributed by atoms with E-state index in [1.54, 1.807) is 0 Å². The van der Waals surface area contributed by atoms with Crippen molar-refractivity contribution < 1.29 is 0 Å². The lowest BCUT2D eigenvalue weighted by Crippen LogP contribution is -2.43. The van der Waals surface area contributed by atoms with Crippen LogP contribution in [0.1, 0.15) is 37.2 Å². The third kappa shape index (κ3) is 2.93. The summed E-state index contributed by atoms with van der Waals surface area (Å²) >= 11 is 0. The number of nitrogens with one attached hydrogen (secondary N) is 1. The Balaban J connectivity index is 1.33. The number of hydrogen-bond donors (Lipinski definition) is 1. The maximum atomic E-state index is 3.69. The Labute approximate surface area is 110 Å². The van der Waals surface area contributed by atoms with Crippen molar-refractivity contribution >= 4 is 0 Å². The van der Waals surface area contributed by atoms with Gasteiger partial charge in [0, 0.05) is 25.2 Å². The van der Waals surface area contributed by atoms with E-state index >= 15 is 0 Å². The van der Waals surface area contributed by atoms with E-state index in [0.29, 0.717) is 0 Å². The minimum absolute atomic E-state index is 0.753. The third-order valence-electron chi connectivity index (χ3n) is 4.48. The number of rotatable bonds is 6. The molecule has 1 aromatic carbocycles. The molecule has 0 amide bonds. The van der Waals surface area contributed by atoms with E-state index in [9.17, 15) is 0 Å². The van der Waals surface area contributed by atoms with Crippen LogP contribution in [0.5, 0.6) is 0 Å². The number of likely N-dealkylation sites (N-methyl/N-ethyl adjacent to an activating group) is 1. The molecule has 0 aliphatic heterocycles. The van der Waals surface area contributed by atoms with Gasteiger partial charge in [0.2, 0.25) is 0 Å². The van der Waals surface area contributed by atoms with Gasteiger partial charge in [-0.2, -0.15) is 0 Å². The Hall–Kier alpha value is -0.860. The maximum absolute atomic E-state index is 3.69. The first-order valence-corrected chi connectivity index (χ1v) is 7.31. The van der Waals surface area contributed by atoms with E-state index in [-0.39, 0.29) is 0 Å². The van der Waals surface area contributed by atoms with Crippen molar-refractivity contribution in [2.45, 2.75) is 43.7 Å². The molecule has 3 rings (SSSR count). The van der Waals surface area contributed by atoms with E-state index < -0.39 is 0 Å². The van der Waals surface area contributed by atoms with Gasteiger partial charge in [0.1, 0.15) is 0 Å². The minimum Gasteiger partial charge on any atom is -0.313 e. The fourth-order valence-corrected chi connectivity index (χ4v) is 2.92. The zero-order chi connectivity index (χ0) is 12.4. The molecule has 2 aliphatic rings. The maximum Gasteiger partial charge on any atom is 0.0107 e. The molecule has 2 nitrogen and oxygen atoms in total. The van der Waals surface area contributed by atoms with Gasteiger partial charge < -0.3 is 10.2 Å². The van der Waals surface area contributed by atoms with Gasteiger partial charge in [-0.05, 0) is 44.2 Å². The molecule has 0 unspecified atom stereocenters. The van der Waals surface area contributed by atoms with E-state index in [0.717, 1.165) is 24.5 Å². The average Bonchev–Trinajstić information content (AvgIpc) is 3.17. The zero-order valence-electron chi connectivity index (χ0n) is 11.3. The van der Waals surface area contributed by atoms with Crippen LogP contribution in [0.4, 0.5) is 0 Å². The summed E-state index contributed by atoms with van der Waals surface area (Å²) in [4.78, 5) is 2.50. The molecule has 0 aromatic heterocycles. The van der Waals surface area contributed by atoms with E-state index in [2.05, 4.69) is 47.6 Å². The SMILES string of the molecule is CN(CCNC1CC(c2ccccc2)C1)C1CC1. The van der Waals surface area contributed by atoms with Crippen LogP contribution in [-0.4, -0.2) is 37.1 Å². The highest BCUT2D eigenvalue weighted by Gasteiger charge is 2.30. The van der Waals surface area contributed by atoms with Gasteiger partial charge in [0.25, 0.3) is 0 Å². The van der Waals surface area contributed by atoms with Crippen molar-refractivity contribution in [2.75, 3.05) is 20.1 Å². The summed E-state index contributed by atoms with van der Waals surface area (Å²) in [7, 11) is 2.26. The van der Waals surface area contributed by atoms with Crippen molar-refractivity contribution in [3.63, 3.8) is 0 Å². The molecule has 0 bridgehead atoms. The first-order chi connectivity index (χ1) is 8.83. The minimum atomic E-state index is 0.753. The summed E-state index contributed by atoms with van der Waals surface area (Å²) in [6.07, 6.45) is 5.46. The van der Waals surface area contributed by atoms with Crippen LogP contribution in [-0.2, 0) is 0 Å². The van der Waals surface area contributed by atoms with E-state index in [1.165, 1.54) is 37.8 Å². The smallest absolute Gasteiger partial charge is 0.0107 e. The largest absolute Gasteiger partial charge is 0.313 e. The van der Waals surface area contributed by atoms with E-state index in [1.807, 2.05) is 0 Å². The van der Waals surface area contributed by atoms with Crippen LogP contribution >= 0.6 is 0 Å². The first-order valence-electron chi connectivity index (χ1n) is 7.31. The zero-order valence-corrected chi connectivity index (χ0v) is 11.3. The summed E-state index contributed by atoms with van der Waals surface area (Å²) in [6, 6.07) is 12.6. The first kappa shape index (κ1) is 12.2. The highest BCUT2D eigenvalue weighted by Crippen LogP contribution is 2.36. The van der Waals surface area contributed by atoms with Crippen LogP contribution in [0.15, 0.2) is 30.3 Å². The predicted octanol–water partition coefficient (Wildman–Crippen LogP) is 2.62. The lowest BCUT2D eigenvalue weighted by atomic mass is 9.76. The van der Waals surface area contributed by atoms with E-state index in [4.69, 9.17) is 0 Å². The molecule has 1 N–H and O–H groups in total. The Morgan fingerprint density at radius 1 is 1.17 bits per heavy atom. The van der Waals surface area contributed by atoms with Crippen molar-refractivity contribution in [2.24, 2.45) is 0 Å². The van der Waals surface area contributed by atoms with Crippen LogP contribution in [0.25, 0.3) is 0 Å². The summed E-state index contributed by atoms with van der Waals surface area (Å²) in [5.74, 6) is 0.796. The van der Waals surface area contributed by atoms with Crippen LogP contribution in [0.2, 0.25) is 0 Å². The Kier molecular flexibility index (Phi) is 3.67. The highest BCUT2D eigenvalue weighted by molar-refractivity contribution is 5.22. The molecule has 2 heteroatoms. The quantitative estimate of drug-likeness (QED) is 0.827. The second-order valence-corrected chi connectivity index (χ2v) is 5.94. The molecule has 98 valence electrons. The molecule has 2 aliphatic carbocycles. The van der Waals surface area contributed by atoms with Crippen LogP contribution < -0.4 is 5.32 Å². The fourth-order valence-electron chi connectivity index (χ4n) is 2.92. The second kappa shape index (κ2) is 5.41. The van der Waals surface area contributed by atoms with Gasteiger partial charge in [0.05, 0.1) is 0 Å². The van der Waals surface area contributed by atoms with Crippen molar-refractivity contribution in [3.8, 4) is 0 Å². The van der Waals surface area contributed by atoms with Crippen molar-refractivity contribution in [3.05, 3.63) is 35.9 Å². The Morgan fingerprint density at radius 2 is 1.89 bits per heavy atom. The number of nitrogens with zero attached hydrogens (tertiary/aromatic N) is 1. The number of hydrogen-bond acceptors (Lipinski definition) is 2. The van der Waals surface area contributed by atoms with Crippen LogP contribution in [0.3, 0.4) is 0 Å². The van der Waals surface area contributed by atoms with Gasteiger partial charge in [-0.25, -0.2) is 0 Å². The second-order valence-electron chi connectivity index (χ2n) is 5.94. The average molecular weight is 244 g/mol. The highest BCUT2D eigenvalue weighted by atomic mass is 15.2. The van der Waals surface area contributed by atoms with Gasteiger partial charge >= 0.3 is 0 Å². The molecular weight excluding hydrogens is 220 g/mol. The summed E-state index contributed by atoms with van der Waals surface area (Å²) in [5, 5.41) is 3.69. The molecule has 0 saturated heterocycles. The molecule has 18 heavy (non-hydrogen) atoms. The topological polar surface area (TPSA) is 15.3 Å². The standard InChI is InChI=1S/C16H24N2/c1-18(16-7-8-16)10-9-17-15-11-14(12-15)13-5-3-2-4-6-13/h2-6,14-17H,7-12H2,1H3. The Bertz CT molecular complexity index is 366. The number of benzene rings is 1. The fraction of sp³-hybridized carbons (Fsp3) is 0.625. The van der Waals surface area contributed by atoms with Crippen LogP contribution in [0, 0.1) is 0 Å². The normalized spacial score (nSPS) is 27.2. The molecule has 0 radical (unpaired) electrons. The lowest BCUT2D eigenvalue weighted by molar-refractivity contribution is 0.262. The third-order valence-corrected chi connectivity index (χ3v) is 4.48. The van der Waals surface area contributed by atoms with Crippen molar-refractivity contribution in [1.82, 2.24) is 10.2 Å². The molecule has 0 atom stereocenters. The monoisotopic (exact) mass is 244 g/mol. The lowest BCUT2D eigenvalue weighted by Gasteiger charge is -2.36. The summed E-state index contributed by atoms with van der Waals surface area (Å²) in [5.41, 5.74) is 1.52. The molecular formula is C16H24N2. The van der Waals surface area contributed by atoms with Gasteiger partial charge in [-0.3, -0.25) is 0 Å². The molecule has 2 saturated carbocycles. The molecule has 1 aromatic rings. The predicted molar refractivity (Wildman–Crippen MR) is 75.9 cm³/mol. The summed E-state index contributed by atoms with van der Waals surface area (Å²) in [6.45, 7) is 2.36. The van der Waals surface area contributed by atoms with Gasteiger partial charge in [-0.15, -0.1) is 0 Å². The van der Waals surface area contributed by atoms with Gasteiger partial charge in [0.15, 0.2) is 0 Å². The molecule has 2 fully saturated rings. The molecule has 0 spiro atoms. The summed E-state index contributed by atoms with van der Waals surface area (Å²) < 4.78 is 0.